The summed E-state index contributed by atoms with van der Waals surface area (Å²) in [6, 6.07) is 1.04. The molecule has 2 heterocycles. The highest BCUT2D eigenvalue weighted by atomic mass is 16.5. The fourth-order valence-corrected chi connectivity index (χ4v) is 3.94. The van der Waals surface area contributed by atoms with E-state index in [1.54, 1.807) is 17.9 Å². The molecule has 1 spiro atoms. The molecule has 3 rings (SSSR count). The molecular weight excluding hydrogens is 364 g/mol. The van der Waals surface area contributed by atoms with Crippen LogP contribution in [0.2, 0.25) is 0 Å². The summed E-state index contributed by atoms with van der Waals surface area (Å²) >= 11 is 0. The molecule has 1 saturated heterocycles. The fraction of sp³-hybridized carbons (Fsp3) is 0.684. The fourth-order valence-electron chi connectivity index (χ4n) is 3.94. The van der Waals surface area contributed by atoms with Crippen LogP contribution in [-0.4, -0.2) is 57.7 Å². The van der Waals surface area contributed by atoms with Crippen LogP contribution in [0.1, 0.15) is 51.2 Å². The highest BCUT2D eigenvalue weighted by Gasteiger charge is 2.55. The average Bonchev–Trinajstić information content (AvgIpc) is 3.12. The number of amides is 3. The maximum atomic E-state index is 13.2. The number of nitrogens with one attached hydrogen (secondary N) is 1. The van der Waals surface area contributed by atoms with E-state index >= 15 is 0 Å². The average molecular weight is 392 g/mol. The monoisotopic (exact) mass is 392 g/mol. The minimum absolute atomic E-state index is 0.0241. The number of hydrogen-bond donors (Lipinski definition) is 2. The zero-order valence-electron chi connectivity index (χ0n) is 16.4. The number of aromatic nitrogens is 1. The number of nitrogens with zero attached hydrogens (tertiary/aromatic N) is 3. The van der Waals surface area contributed by atoms with Gasteiger partial charge in [-0.25, -0.2) is 5.06 Å². The smallest absolute Gasteiger partial charge is 0.248 e. The van der Waals surface area contributed by atoms with Gasteiger partial charge in [-0.05, 0) is 38.0 Å². The van der Waals surface area contributed by atoms with E-state index in [1.807, 2.05) is 6.92 Å². The summed E-state index contributed by atoms with van der Waals surface area (Å²) in [7, 11) is 0. The molecule has 1 aromatic heterocycles. The first-order chi connectivity index (χ1) is 13.4. The number of carbonyl (C=O) groups is 3. The number of unbranched alkanes of at least 4 members (excludes halogenated alkanes) is 1. The lowest BCUT2D eigenvalue weighted by molar-refractivity contribution is -0.157. The Morgan fingerprint density at radius 2 is 2.29 bits per heavy atom. The Labute approximate surface area is 164 Å². The number of anilines is 1. The minimum Gasteiger partial charge on any atom is -0.360 e. The van der Waals surface area contributed by atoms with Crippen LogP contribution < -0.4 is 5.32 Å². The van der Waals surface area contributed by atoms with Gasteiger partial charge in [0.2, 0.25) is 18.2 Å². The van der Waals surface area contributed by atoms with Gasteiger partial charge in [0, 0.05) is 12.6 Å². The first kappa shape index (κ1) is 20.3. The van der Waals surface area contributed by atoms with Gasteiger partial charge in [-0.1, -0.05) is 24.9 Å². The van der Waals surface area contributed by atoms with Crippen molar-refractivity contribution in [1.29, 1.82) is 0 Å². The lowest BCUT2D eigenvalue weighted by Gasteiger charge is -2.29. The third-order valence-electron chi connectivity index (χ3n) is 5.71. The van der Waals surface area contributed by atoms with E-state index in [0.717, 1.165) is 25.7 Å². The van der Waals surface area contributed by atoms with Crippen LogP contribution in [0.15, 0.2) is 10.6 Å². The molecule has 28 heavy (non-hydrogen) atoms. The molecule has 3 amide bonds. The third-order valence-corrected chi connectivity index (χ3v) is 5.71. The Balaban J connectivity index is 1.74. The van der Waals surface area contributed by atoms with Crippen molar-refractivity contribution in [1.82, 2.24) is 15.1 Å². The highest BCUT2D eigenvalue weighted by molar-refractivity contribution is 5.97. The molecule has 0 aromatic carbocycles. The third kappa shape index (κ3) is 4.52. The second-order valence-electron chi connectivity index (χ2n) is 8.06. The van der Waals surface area contributed by atoms with Gasteiger partial charge in [0.1, 0.15) is 11.8 Å². The van der Waals surface area contributed by atoms with Crippen LogP contribution in [0.3, 0.4) is 0 Å². The van der Waals surface area contributed by atoms with Crippen LogP contribution in [0, 0.1) is 18.3 Å². The molecule has 154 valence electrons. The number of aryl methyl sites for hydroxylation is 1. The Morgan fingerprint density at radius 1 is 1.54 bits per heavy atom. The second-order valence-corrected chi connectivity index (χ2v) is 8.06. The number of hydrogen-bond acceptors (Lipinski definition) is 6. The van der Waals surface area contributed by atoms with E-state index in [-0.39, 0.29) is 23.8 Å². The minimum atomic E-state index is -0.584. The van der Waals surface area contributed by atoms with Gasteiger partial charge in [0.25, 0.3) is 0 Å². The van der Waals surface area contributed by atoms with Crippen molar-refractivity contribution in [2.75, 3.05) is 18.4 Å². The quantitative estimate of drug-likeness (QED) is 0.377. The van der Waals surface area contributed by atoms with E-state index in [1.165, 1.54) is 0 Å². The van der Waals surface area contributed by atoms with Crippen molar-refractivity contribution >= 4 is 24.0 Å². The predicted octanol–water partition coefficient (Wildman–Crippen LogP) is 1.96. The van der Waals surface area contributed by atoms with Crippen LogP contribution in [-0.2, 0) is 14.4 Å². The summed E-state index contributed by atoms with van der Waals surface area (Å²) in [6.07, 6.45) is 5.19. The number of carbonyl (C=O) groups excluding carboxylic acids is 3. The zero-order valence-corrected chi connectivity index (χ0v) is 16.4. The molecule has 2 N–H and O–H groups in total. The maximum Gasteiger partial charge on any atom is 0.248 e. The molecular formula is C19H28N4O5. The van der Waals surface area contributed by atoms with Gasteiger partial charge >= 0.3 is 0 Å². The van der Waals surface area contributed by atoms with Gasteiger partial charge in [-0.15, -0.1) is 0 Å². The van der Waals surface area contributed by atoms with E-state index in [0.29, 0.717) is 42.4 Å². The lowest BCUT2D eigenvalue weighted by Crippen LogP contribution is -2.47. The van der Waals surface area contributed by atoms with E-state index in [2.05, 4.69) is 10.5 Å². The summed E-state index contributed by atoms with van der Waals surface area (Å²) in [4.78, 5) is 38.6. The Morgan fingerprint density at radius 3 is 2.86 bits per heavy atom. The van der Waals surface area contributed by atoms with Crippen molar-refractivity contribution in [3.05, 3.63) is 11.8 Å². The van der Waals surface area contributed by atoms with Gasteiger partial charge in [0.05, 0.1) is 12.5 Å². The predicted molar refractivity (Wildman–Crippen MR) is 99.2 cm³/mol. The van der Waals surface area contributed by atoms with E-state index in [4.69, 9.17) is 4.52 Å². The Bertz CT molecular complexity index is 730. The molecule has 9 heteroatoms. The summed E-state index contributed by atoms with van der Waals surface area (Å²) < 4.78 is 4.98. The molecule has 1 aliphatic heterocycles. The summed E-state index contributed by atoms with van der Waals surface area (Å²) in [5, 5.41) is 16.6. The molecule has 2 fully saturated rings. The van der Waals surface area contributed by atoms with Crippen molar-refractivity contribution in [3.8, 4) is 0 Å². The molecule has 1 aliphatic carbocycles. The van der Waals surface area contributed by atoms with Crippen LogP contribution in [0.25, 0.3) is 0 Å². The van der Waals surface area contributed by atoms with Crippen molar-refractivity contribution in [2.45, 2.75) is 58.4 Å². The van der Waals surface area contributed by atoms with Crippen LogP contribution >= 0.6 is 0 Å². The van der Waals surface area contributed by atoms with E-state index < -0.39 is 12.0 Å². The van der Waals surface area contributed by atoms with Gasteiger partial charge in [-0.3, -0.25) is 19.6 Å². The largest absolute Gasteiger partial charge is 0.360 e. The lowest BCUT2D eigenvalue weighted by atomic mass is 9.99. The SMILES string of the molecule is CCCCC(CN(O)C=O)C(=O)N1CC2(CC2)CC1C(=O)Nc1cc(C)on1. The Kier molecular flexibility index (Phi) is 6.02. The second kappa shape index (κ2) is 8.30. The Hall–Kier alpha value is -2.42. The van der Waals surface area contributed by atoms with Crippen molar-refractivity contribution < 1.29 is 24.1 Å². The standard InChI is InChI=1S/C19H28N4O5/c1-3-4-5-14(10-22(27)12-24)18(26)23-11-19(6-7-19)9-15(23)17(25)20-16-8-13(2)28-21-16/h8,12,14-15,27H,3-7,9-11H2,1-2H3,(H,20,21,25). The maximum absolute atomic E-state index is 13.2. The molecule has 0 radical (unpaired) electrons. The summed E-state index contributed by atoms with van der Waals surface area (Å²) in [6.45, 7) is 4.22. The number of hydroxylamine groups is 2. The van der Waals surface area contributed by atoms with Crippen LogP contribution in [0.4, 0.5) is 5.82 Å². The van der Waals surface area contributed by atoms with Gasteiger partial charge < -0.3 is 14.7 Å². The molecule has 2 unspecified atom stereocenters. The normalized spacial score (nSPS) is 20.8. The number of rotatable bonds is 9. The van der Waals surface area contributed by atoms with Gasteiger partial charge in [0.15, 0.2) is 5.82 Å². The molecule has 2 atom stereocenters. The molecule has 1 saturated carbocycles. The zero-order chi connectivity index (χ0) is 20.3. The molecule has 9 nitrogen and oxygen atoms in total. The highest BCUT2D eigenvalue weighted by Crippen LogP contribution is 2.55. The van der Waals surface area contributed by atoms with Crippen LogP contribution in [0.5, 0.6) is 0 Å². The van der Waals surface area contributed by atoms with Gasteiger partial charge in [-0.2, -0.15) is 0 Å². The summed E-state index contributed by atoms with van der Waals surface area (Å²) in [5.41, 5.74) is 0.0241. The van der Waals surface area contributed by atoms with Crippen molar-refractivity contribution in [3.63, 3.8) is 0 Å². The molecule has 2 aliphatic rings. The number of likely N-dealkylation sites (tertiary alicyclic amines) is 1. The summed E-state index contributed by atoms with van der Waals surface area (Å²) in [5.74, 6) is -0.0827. The molecule has 1 aromatic rings. The molecule has 0 bridgehead atoms. The topological polar surface area (TPSA) is 116 Å². The van der Waals surface area contributed by atoms with Crippen molar-refractivity contribution in [2.24, 2.45) is 11.3 Å². The first-order valence-corrected chi connectivity index (χ1v) is 9.83. The first-order valence-electron chi connectivity index (χ1n) is 9.83. The van der Waals surface area contributed by atoms with E-state index in [9.17, 15) is 19.6 Å².